The van der Waals surface area contributed by atoms with Crippen molar-refractivity contribution < 1.29 is 18.0 Å². The summed E-state index contributed by atoms with van der Waals surface area (Å²) in [6, 6.07) is 7.22. The van der Waals surface area contributed by atoms with Gasteiger partial charge in [-0.25, -0.2) is 0 Å². The lowest BCUT2D eigenvalue weighted by Crippen LogP contribution is -2.31. The first-order valence-electron chi connectivity index (χ1n) is 5.42. The summed E-state index contributed by atoms with van der Waals surface area (Å²) in [6.45, 7) is 3.32. The lowest BCUT2D eigenvalue weighted by Gasteiger charge is -2.27. The Balaban J connectivity index is 3.03. The van der Waals surface area contributed by atoms with Crippen molar-refractivity contribution in [1.82, 2.24) is 0 Å². The van der Waals surface area contributed by atoms with Crippen LogP contribution in [0.4, 0.5) is 13.2 Å². The smallest absolute Gasteiger partial charge is 0.290 e. The summed E-state index contributed by atoms with van der Waals surface area (Å²) >= 11 is 1.46. The van der Waals surface area contributed by atoms with E-state index in [1.165, 1.54) is 11.8 Å². The van der Waals surface area contributed by atoms with Crippen LogP contribution in [0.2, 0.25) is 0 Å². The number of carbonyl (C=O) groups excluding carboxylic acids is 1. The van der Waals surface area contributed by atoms with Gasteiger partial charge in [0.05, 0.1) is 0 Å². The molecule has 0 heterocycles. The SMILES string of the molecule is CSc1ccccc1C(C)(C)CC(=O)C(F)(F)F. The van der Waals surface area contributed by atoms with Crippen LogP contribution in [0.25, 0.3) is 0 Å². The van der Waals surface area contributed by atoms with Gasteiger partial charge < -0.3 is 0 Å². The van der Waals surface area contributed by atoms with Gasteiger partial charge in [-0.3, -0.25) is 4.79 Å². The van der Waals surface area contributed by atoms with E-state index in [4.69, 9.17) is 0 Å². The third-order valence-corrected chi connectivity index (χ3v) is 3.55. The van der Waals surface area contributed by atoms with E-state index in [1.54, 1.807) is 26.0 Å². The van der Waals surface area contributed by atoms with Crippen LogP contribution < -0.4 is 0 Å². The molecule has 0 aliphatic rings. The predicted octanol–water partition coefficient (Wildman–Crippen LogP) is 4.21. The van der Waals surface area contributed by atoms with E-state index >= 15 is 0 Å². The number of ketones is 1. The van der Waals surface area contributed by atoms with Crippen molar-refractivity contribution >= 4 is 17.5 Å². The van der Waals surface area contributed by atoms with Crippen molar-refractivity contribution in [1.29, 1.82) is 0 Å². The van der Waals surface area contributed by atoms with Gasteiger partial charge in [0.1, 0.15) is 0 Å². The Bertz CT molecular complexity index is 438. The molecule has 0 aliphatic heterocycles. The summed E-state index contributed by atoms with van der Waals surface area (Å²) in [5.74, 6) is -1.68. The molecule has 18 heavy (non-hydrogen) atoms. The van der Waals surface area contributed by atoms with Crippen LogP contribution >= 0.6 is 11.8 Å². The van der Waals surface area contributed by atoms with Gasteiger partial charge in [0.2, 0.25) is 5.78 Å². The van der Waals surface area contributed by atoms with Gasteiger partial charge in [-0.1, -0.05) is 32.0 Å². The summed E-state index contributed by atoms with van der Waals surface area (Å²) < 4.78 is 37.0. The molecule has 0 bridgehead atoms. The summed E-state index contributed by atoms with van der Waals surface area (Å²) in [6.07, 6.45) is -3.43. The van der Waals surface area contributed by atoms with Gasteiger partial charge >= 0.3 is 6.18 Å². The minimum atomic E-state index is -4.76. The monoisotopic (exact) mass is 276 g/mol. The number of rotatable bonds is 4. The number of benzene rings is 1. The molecule has 100 valence electrons. The molecule has 0 radical (unpaired) electrons. The van der Waals surface area contributed by atoms with Crippen LogP contribution in [0.5, 0.6) is 0 Å². The zero-order valence-corrected chi connectivity index (χ0v) is 11.3. The number of halogens is 3. The minimum Gasteiger partial charge on any atom is -0.290 e. The number of alkyl halides is 3. The molecular formula is C13H15F3OS. The van der Waals surface area contributed by atoms with E-state index in [-0.39, 0.29) is 0 Å². The first-order chi connectivity index (χ1) is 8.18. The molecule has 1 nitrogen and oxygen atoms in total. The Hall–Kier alpha value is -0.970. The molecule has 0 spiro atoms. The number of Topliss-reactive ketones (excluding diaryl/α,β-unsaturated/α-hetero) is 1. The fourth-order valence-corrected chi connectivity index (χ4v) is 2.58. The molecule has 1 aromatic carbocycles. The second-order valence-electron chi connectivity index (χ2n) is 4.68. The predicted molar refractivity (Wildman–Crippen MR) is 66.9 cm³/mol. The lowest BCUT2D eigenvalue weighted by atomic mass is 9.80. The maximum atomic E-state index is 12.3. The quantitative estimate of drug-likeness (QED) is 0.766. The molecule has 0 fully saturated rings. The van der Waals surface area contributed by atoms with E-state index in [1.807, 2.05) is 18.4 Å². The molecule has 0 unspecified atom stereocenters. The Kier molecular flexibility index (Phi) is 4.48. The van der Waals surface area contributed by atoms with Crippen molar-refractivity contribution in [3.05, 3.63) is 29.8 Å². The topological polar surface area (TPSA) is 17.1 Å². The zero-order valence-electron chi connectivity index (χ0n) is 10.5. The van der Waals surface area contributed by atoms with Crippen molar-refractivity contribution in [3.63, 3.8) is 0 Å². The summed E-state index contributed by atoms with van der Waals surface area (Å²) in [5.41, 5.74) is -0.0539. The average molecular weight is 276 g/mol. The van der Waals surface area contributed by atoms with Crippen LogP contribution in [-0.4, -0.2) is 18.2 Å². The Morgan fingerprint density at radius 1 is 1.22 bits per heavy atom. The van der Waals surface area contributed by atoms with Gasteiger partial charge in [-0.15, -0.1) is 11.8 Å². The van der Waals surface area contributed by atoms with E-state index in [0.29, 0.717) is 0 Å². The van der Waals surface area contributed by atoms with Gasteiger partial charge in [-0.2, -0.15) is 13.2 Å². The van der Waals surface area contributed by atoms with Crippen LogP contribution in [0.15, 0.2) is 29.2 Å². The lowest BCUT2D eigenvalue weighted by molar-refractivity contribution is -0.172. The van der Waals surface area contributed by atoms with Gasteiger partial charge in [0, 0.05) is 11.3 Å². The number of hydrogen-bond acceptors (Lipinski definition) is 2. The maximum Gasteiger partial charge on any atom is 0.450 e. The fourth-order valence-electron chi connectivity index (χ4n) is 1.80. The first-order valence-corrected chi connectivity index (χ1v) is 6.64. The molecule has 0 aliphatic carbocycles. The van der Waals surface area contributed by atoms with Crippen molar-refractivity contribution in [2.24, 2.45) is 0 Å². The normalized spacial score (nSPS) is 12.6. The molecule has 5 heteroatoms. The average Bonchev–Trinajstić information content (AvgIpc) is 2.27. The van der Waals surface area contributed by atoms with Crippen molar-refractivity contribution in [2.45, 2.75) is 36.8 Å². The third kappa shape index (κ3) is 3.51. The fraction of sp³-hybridized carbons (Fsp3) is 0.462. The first kappa shape index (κ1) is 15.1. The van der Waals surface area contributed by atoms with Crippen LogP contribution in [-0.2, 0) is 10.2 Å². The van der Waals surface area contributed by atoms with Crippen molar-refractivity contribution in [3.8, 4) is 0 Å². The Labute approximate surface area is 109 Å². The minimum absolute atomic E-state index is 0.534. The third-order valence-electron chi connectivity index (χ3n) is 2.75. The zero-order chi connectivity index (χ0) is 14.0. The number of thioether (sulfide) groups is 1. The van der Waals surface area contributed by atoms with E-state index < -0.39 is 23.8 Å². The molecule has 1 rings (SSSR count). The van der Waals surface area contributed by atoms with Crippen LogP contribution in [0.1, 0.15) is 25.8 Å². The maximum absolute atomic E-state index is 12.3. The summed E-state index contributed by atoms with van der Waals surface area (Å²) in [5, 5.41) is 0. The summed E-state index contributed by atoms with van der Waals surface area (Å²) in [4.78, 5) is 12.0. The molecule has 0 atom stereocenters. The Morgan fingerprint density at radius 2 is 1.78 bits per heavy atom. The summed E-state index contributed by atoms with van der Waals surface area (Å²) in [7, 11) is 0. The molecule has 0 aromatic heterocycles. The molecule has 0 saturated carbocycles. The highest BCUT2D eigenvalue weighted by atomic mass is 32.2. The molecule has 0 amide bonds. The van der Waals surface area contributed by atoms with Crippen molar-refractivity contribution in [2.75, 3.05) is 6.26 Å². The second-order valence-corrected chi connectivity index (χ2v) is 5.53. The number of hydrogen-bond donors (Lipinski definition) is 0. The van der Waals surface area contributed by atoms with E-state index in [9.17, 15) is 18.0 Å². The van der Waals surface area contributed by atoms with Gasteiger partial charge in [0.15, 0.2) is 0 Å². The van der Waals surface area contributed by atoms with Crippen LogP contribution in [0, 0.1) is 0 Å². The molecule has 1 aromatic rings. The van der Waals surface area contributed by atoms with E-state index in [0.717, 1.165) is 10.5 Å². The largest absolute Gasteiger partial charge is 0.450 e. The Morgan fingerprint density at radius 3 is 2.28 bits per heavy atom. The highest BCUT2D eigenvalue weighted by molar-refractivity contribution is 7.98. The highest BCUT2D eigenvalue weighted by Crippen LogP contribution is 2.36. The van der Waals surface area contributed by atoms with Crippen LogP contribution in [0.3, 0.4) is 0 Å². The molecule has 0 saturated heterocycles. The van der Waals surface area contributed by atoms with Gasteiger partial charge in [-0.05, 0) is 23.3 Å². The van der Waals surface area contributed by atoms with E-state index in [2.05, 4.69) is 0 Å². The number of carbonyl (C=O) groups is 1. The molecule has 0 N–H and O–H groups in total. The standard InChI is InChI=1S/C13H15F3OS/c1-12(2,8-11(17)13(14,15)16)9-6-4-5-7-10(9)18-3/h4-7H,8H2,1-3H3. The second kappa shape index (κ2) is 5.34. The highest BCUT2D eigenvalue weighted by Gasteiger charge is 2.41. The van der Waals surface area contributed by atoms with Gasteiger partial charge in [0.25, 0.3) is 0 Å². The molecular weight excluding hydrogens is 261 g/mol.